The molecule has 1 aromatic rings. The molecule has 5 heteroatoms. The quantitative estimate of drug-likeness (QED) is 0.675. The SMILES string of the molecule is CCCC#Cc1cc(Cl)cc2c1OC(C(F)(F)F)C=C2. The predicted octanol–water partition coefficient (Wildman–Crippen LogP) is 4.83. The van der Waals surface area contributed by atoms with Gasteiger partial charge in [0.05, 0.1) is 5.56 Å². The largest absolute Gasteiger partial charge is 0.475 e. The molecule has 0 spiro atoms. The highest BCUT2D eigenvalue weighted by Gasteiger charge is 2.41. The fraction of sp³-hybridized carbons (Fsp3) is 0.333. The van der Waals surface area contributed by atoms with E-state index in [1.54, 1.807) is 6.07 Å². The molecule has 1 heterocycles. The molecule has 0 saturated heterocycles. The topological polar surface area (TPSA) is 9.23 Å². The van der Waals surface area contributed by atoms with Crippen LogP contribution in [0.5, 0.6) is 5.75 Å². The van der Waals surface area contributed by atoms with E-state index in [1.807, 2.05) is 6.92 Å². The lowest BCUT2D eigenvalue weighted by Crippen LogP contribution is -2.34. The van der Waals surface area contributed by atoms with Gasteiger partial charge in [0.2, 0.25) is 6.10 Å². The minimum atomic E-state index is -4.44. The Morgan fingerprint density at radius 3 is 2.75 bits per heavy atom. The van der Waals surface area contributed by atoms with Gasteiger partial charge in [-0.1, -0.05) is 36.4 Å². The molecule has 0 amide bonds. The number of hydrogen-bond acceptors (Lipinski definition) is 1. The second kappa shape index (κ2) is 5.80. The van der Waals surface area contributed by atoms with Gasteiger partial charge in [-0.3, -0.25) is 0 Å². The monoisotopic (exact) mass is 300 g/mol. The lowest BCUT2D eigenvalue weighted by atomic mass is 10.0. The van der Waals surface area contributed by atoms with Gasteiger partial charge >= 0.3 is 6.18 Å². The van der Waals surface area contributed by atoms with E-state index in [9.17, 15) is 13.2 Å². The zero-order valence-corrected chi connectivity index (χ0v) is 11.5. The molecule has 0 fully saturated rings. The third-order valence-electron chi connectivity index (χ3n) is 2.70. The molecule has 1 aromatic carbocycles. The zero-order valence-electron chi connectivity index (χ0n) is 10.7. The third-order valence-corrected chi connectivity index (χ3v) is 2.92. The van der Waals surface area contributed by atoms with E-state index in [2.05, 4.69) is 11.8 Å². The van der Waals surface area contributed by atoms with E-state index >= 15 is 0 Å². The highest BCUT2D eigenvalue weighted by Crippen LogP contribution is 2.36. The van der Waals surface area contributed by atoms with Gasteiger partial charge in [0.15, 0.2) is 0 Å². The summed E-state index contributed by atoms with van der Waals surface area (Å²) in [6.45, 7) is 1.97. The fourth-order valence-corrected chi connectivity index (χ4v) is 2.01. The number of hydrogen-bond donors (Lipinski definition) is 0. The maximum Gasteiger partial charge on any atom is 0.429 e. The Kier molecular flexibility index (Phi) is 4.29. The maximum atomic E-state index is 12.7. The van der Waals surface area contributed by atoms with Crippen LogP contribution in [0.2, 0.25) is 5.02 Å². The Bertz CT molecular complexity index is 594. The molecule has 106 valence electrons. The Morgan fingerprint density at radius 2 is 2.10 bits per heavy atom. The summed E-state index contributed by atoms with van der Waals surface area (Å²) >= 11 is 5.94. The standard InChI is InChI=1S/C15H12ClF3O/c1-2-3-4-5-10-8-12(16)9-11-6-7-13(15(17,18)19)20-14(10)11/h6-9,13H,2-3H2,1H3. The fourth-order valence-electron chi connectivity index (χ4n) is 1.78. The van der Waals surface area contributed by atoms with Crippen molar-refractivity contribution in [2.24, 2.45) is 0 Å². The van der Waals surface area contributed by atoms with Crippen LogP contribution in [0.1, 0.15) is 30.9 Å². The molecule has 0 saturated carbocycles. The van der Waals surface area contributed by atoms with E-state index in [1.165, 1.54) is 12.1 Å². The number of rotatable bonds is 1. The first-order chi connectivity index (χ1) is 9.41. The van der Waals surface area contributed by atoms with Gasteiger partial charge in [0.25, 0.3) is 0 Å². The zero-order chi connectivity index (χ0) is 14.8. The number of halogens is 4. The molecule has 1 unspecified atom stereocenters. The number of benzene rings is 1. The van der Waals surface area contributed by atoms with Crippen LogP contribution in [-0.4, -0.2) is 12.3 Å². The van der Waals surface area contributed by atoms with Crippen LogP contribution in [0.15, 0.2) is 18.2 Å². The van der Waals surface area contributed by atoms with E-state index in [0.717, 1.165) is 12.5 Å². The first-order valence-electron chi connectivity index (χ1n) is 6.16. The highest BCUT2D eigenvalue weighted by atomic mass is 35.5. The Morgan fingerprint density at radius 1 is 1.35 bits per heavy atom. The molecule has 1 atom stereocenters. The van der Waals surface area contributed by atoms with E-state index in [-0.39, 0.29) is 5.75 Å². The van der Waals surface area contributed by atoms with Gasteiger partial charge in [-0.15, -0.1) is 0 Å². The lowest BCUT2D eigenvalue weighted by Gasteiger charge is -2.24. The van der Waals surface area contributed by atoms with Crippen LogP contribution in [0.25, 0.3) is 6.08 Å². The van der Waals surface area contributed by atoms with E-state index in [4.69, 9.17) is 16.3 Å². The Hall–Kier alpha value is -1.60. The van der Waals surface area contributed by atoms with Crippen LogP contribution >= 0.6 is 11.6 Å². The molecular formula is C15H12ClF3O. The molecule has 2 rings (SSSR count). The maximum absolute atomic E-state index is 12.7. The summed E-state index contributed by atoms with van der Waals surface area (Å²) in [4.78, 5) is 0. The molecule has 1 aliphatic rings. The van der Waals surface area contributed by atoms with Crippen LogP contribution < -0.4 is 4.74 Å². The van der Waals surface area contributed by atoms with Crippen molar-refractivity contribution >= 4 is 17.7 Å². The van der Waals surface area contributed by atoms with E-state index in [0.29, 0.717) is 22.6 Å². The van der Waals surface area contributed by atoms with Crippen molar-refractivity contribution in [2.75, 3.05) is 0 Å². The van der Waals surface area contributed by atoms with Crippen molar-refractivity contribution in [3.05, 3.63) is 34.4 Å². The summed E-state index contributed by atoms with van der Waals surface area (Å²) < 4.78 is 43.2. The summed E-state index contributed by atoms with van der Waals surface area (Å²) in [5.41, 5.74) is 0.901. The number of unbranched alkanes of at least 4 members (excludes halogenated alkanes) is 1. The van der Waals surface area contributed by atoms with Crippen molar-refractivity contribution in [1.82, 2.24) is 0 Å². The molecule has 0 aromatic heterocycles. The first kappa shape index (κ1) is 14.8. The average molecular weight is 301 g/mol. The average Bonchev–Trinajstić information content (AvgIpc) is 2.37. The summed E-state index contributed by atoms with van der Waals surface area (Å²) in [7, 11) is 0. The molecule has 1 aliphatic heterocycles. The Balaban J connectivity index is 2.41. The molecule has 0 radical (unpaired) electrons. The number of ether oxygens (including phenoxy) is 1. The summed E-state index contributed by atoms with van der Waals surface area (Å²) in [5, 5.41) is 0.420. The van der Waals surface area contributed by atoms with Gasteiger partial charge in [0.1, 0.15) is 5.75 Å². The predicted molar refractivity (Wildman–Crippen MR) is 72.7 cm³/mol. The van der Waals surface area contributed by atoms with Crippen molar-refractivity contribution in [3.8, 4) is 17.6 Å². The molecule has 0 N–H and O–H groups in total. The van der Waals surface area contributed by atoms with Crippen LogP contribution in [-0.2, 0) is 0 Å². The van der Waals surface area contributed by atoms with Crippen molar-refractivity contribution in [1.29, 1.82) is 0 Å². The second-order valence-corrected chi connectivity index (χ2v) is 4.80. The van der Waals surface area contributed by atoms with Gasteiger partial charge in [-0.05, 0) is 24.6 Å². The Labute approximate surface area is 120 Å². The summed E-state index contributed by atoms with van der Waals surface area (Å²) in [6, 6.07) is 3.08. The van der Waals surface area contributed by atoms with Gasteiger partial charge in [-0.2, -0.15) is 13.2 Å². The normalized spacial score (nSPS) is 16.9. The van der Waals surface area contributed by atoms with Crippen LogP contribution in [0.3, 0.4) is 0 Å². The molecule has 0 bridgehead atoms. The molecule has 1 nitrogen and oxygen atoms in total. The lowest BCUT2D eigenvalue weighted by molar-refractivity contribution is -0.180. The van der Waals surface area contributed by atoms with Gasteiger partial charge < -0.3 is 4.74 Å². The van der Waals surface area contributed by atoms with Gasteiger partial charge in [-0.25, -0.2) is 0 Å². The summed E-state index contributed by atoms with van der Waals surface area (Å²) in [6.07, 6.45) is -2.50. The van der Waals surface area contributed by atoms with E-state index < -0.39 is 12.3 Å². The smallest absolute Gasteiger partial charge is 0.429 e. The number of alkyl halides is 3. The second-order valence-electron chi connectivity index (χ2n) is 4.36. The molecule has 0 aliphatic carbocycles. The third kappa shape index (κ3) is 3.29. The molecule has 20 heavy (non-hydrogen) atoms. The summed E-state index contributed by atoms with van der Waals surface area (Å²) in [5.74, 6) is 5.86. The minimum Gasteiger partial charge on any atom is -0.475 e. The van der Waals surface area contributed by atoms with Crippen molar-refractivity contribution in [2.45, 2.75) is 32.0 Å². The highest BCUT2D eigenvalue weighted by molar-refractivity contribution is 6.31. The number of fused-ring (bicyclic) bond motifs is 1. The van der Waals surface area contributed by atoms with Crippen molar-refractivity contribution < 1.29 is 17.9 Å². The minimum absolute atomic E-state index is 0.142. The van der Waals surface area contributed by atoms with Crippen molar-refractivity contribution in [3.63, 3.8) is 0 Å². The van der Waals surface area contributed by atoms with Crippen LogP contribution in [0.4, 0.5) is 13.2 Å². The first-order valence-corrected chi connectivity index (χ1v) is 6.53. The van der Waals surface area contributed by atoms with Crippen LogP contribution in [0, 0.1) is 11.8 Å². The molecular weight excluding hydrogens is 289 g/mol. The van der Waals surface area contributed by atoms with Gasteiger partial charge in [0, 0.05) is 17.0 Å².